The Morgan fingerprint density at radius 2 is 1.19 bits per heavy atom. The number of hydrogen-bond acceptors (Lipinski definition) is 2. The van der Waals surface area contributed by atoms with E-state index >= 15 is 0 Å². The highest BCUT2D eigenvalue weighted by atomic mass is 16.1. The Morgan fingerprint density at radius 1 is 0.629 bits per heavy atom. The first-order chi connectivity index (χ1) is 33.9. The Bertz CT molecular complexity index is 3930. The van der Waals surface area contributed by atoms with E-state index in [0.29, 0.717) is 11.7 Å². The topological polar surface area (TPSA) is 38.8 Å². The van der Waals surface area contributed by atoms with Gasteiger partial charge in [0.25, 0.3) is 0 Å². The van der Waals surface area contributed by atoms with Gasteiger partial charge in [-0.2, -0.15) is 0 Å². The zero-order valence-electron chi connectivity index (χ0n) is 42.5. The van der Waals surface area contributed by atoms with Crippen molar-refractivity contribution in [1.82, 2.24) is 13.8 Å². The average Bonchev–Trinajstić information content (AvgIpc) is 4.05. The van der Waals surface area contributed by atoms with E-state index in [2.05, 4.69) is 136 Å². The lowest BCUT2D eigenvalue weighted by atomic mass is 9.51. The molecule has 4 unspecified atom stereocenters. The lowest BCUT2D eigenvalue weighted by Crippen LogP contribution is -2.47. The van der Waals surface area contributed by atoms with Crippen LogP contribution in [-0.4, -0.2) is 19.6 Å². The fraction of sp³-hybridized carbons (Fsp3) is 0.455. The largest absolute Gasteiger partial charge is 0.308 e. The van der Waals surface area contributed by atoms with Crippen molar-refractivity contribution in [3.8, 4) is 0 Å². The summed E-state index contributed by atoms with van der Waals surface area (Å²) < 4.78 is 5.28. The number of carbonyl (C=O) groups is 1. The van der Waals surface area contributed by atoms with Gasteiger partial charge >= 0.3 is 0 Å². The van der Waals surface area contributed by atoms with E-state index < -0.39 is 0 Å². The van der Waals surface area contributed by atoms with E-state index in [0.717, 1.165) is 81.1 Å². The van der Waals surface area contributed by atoms with Gasteiger partial charge in [-0.25, -0.2) is 0 Å². The molecule has 8 aliphatic rings. The molecular formula is C66H67N3O. The summed E-state index contributed by atoms with van der Waals surface area (Å²) in [4.78, 5) is 20.1. The molecule has 352 valence electrons. The van der Waals surface area contributed by atoms with Gasteiger partial charge in [0.1, 0.15) is 0 Å². The normalized spacial score (nSPS) is 29.5. The molecule has 0 amide bonds. The zero-order valence-corrected chi connectivity index (χ0v) is 42.5. The van der Waals surface area contributed by atoms with Crippen LogP contribution < -0.4 is 0 Å². The quantitative estimate of drug-likeness (QED) is 0.173. The number of nitrogens with zero attached hydrogens (tertiary/aromatic N) is 3. The number of pyridine rings is 1. The van der Waals surface area contributed by atoms with E-state index in [1.807, 2.05) is 0 Å². The molecule has 0 aliphatic heterocycles. The molecule has 3 fully saturated rings. The molecule has 6 bridgehead atoms. The molecular weight excluding hydrogens is 851 g/mol. The molecule has 4 atom stereocenters. The summed E-state index contributed by atoms with van der Waals surface area (Å²) in [7, 11) is 0. The van der Waals surface area contributed by atoms with Gasteiger partial charge in [0.2, 0.25) is 0 Å². The molecule has 5 aromatic heterocycles. The van der Waals surface area contributed by atoms with Crippen LogP contribution in [0.15, 0.2) is 79.0 Å². The first kappa shape index (κ1) is 41.2. The highest BCUT2D eigenvalue weighted by Crippen LogP contribution is 2.62. The van der Waals surface area contributed by atoms with Gasteiger partial charge in [0.05, 0.1) is 45.0 Å². The first-order valence-electron chi connectivity index (χ1n) is 27.9. The second-order valence-corrected chi connectivity index (χ2v) is 25.6. The predicted octanol–water partition coefficient (Wildman–Crippen LogP) is 17.1. The van der Waals surface area contributed by atoms with Gasteiger partial charge in [-0.15, -0.1) is 0 Å². The van der Waals surface area contributed by atoms with Crippen molar-refractivity contribution in [2.75, 3.05) is 0 Å². The number of hydrogen-bond donors (Lipinski definition) is 0. The van der Waals surface area contributed by atoms with Crippen LogP contribution in [0.5, 0.6) is 0 Å². The second-order valence-electron chi connectivity index (χ2n) is 25.6. The van der Waals surface area contributed by atoms with Crippen molar-refractivity contribution in [1.29, 1.82) is 0 Å². The van der Waals surface area contributed by atoms with E-state index in [1.54, 1.807) is 0 Å². The molecule has 10 aromatic rings. The van der Waals surface area contributed by atoms with Crippen LogP contribution in [0.25, 0.3) is 76.2 Å². The summed E-state index contributed by atoms with van der Waals surface area (Å²) >= 11 is 0. The second kappa shape index (κ2) is 13.3. The summed E-state index contributed by atoms with van der Waals surface area (Å²) in [6, 6.07) is 30.0. The minimum atomic E-state index is -0.121. The number of aromatic nitrogens is 3. The smallest absolute Gasteiger partial charge is 0.166 e. The van der Waals surface area contributed by atoms with Crippen molar-refractivity contribution in [3.05, 3.63) is 124 Å². The third-order valence-corrected chi connectivity index (χ3v) is 22.2. The molecule has 8 aliphatic carbocycles. The Labute approximate surface area is 411 Å². The highest BCUT2D eigenvalue weighted by Gasteiger charge is 2.54. The third-order valence-electron chi connectivity index (χ3n) is 22.2. The van der Waals surface area contributed by atoms with Crippen molar-refractivity contribution in [2.24, 2.45) is 23.7 Å². The fourth-order valence-corrected chi connectivity index (χ4v) is 18.6. The summed E-state index contributed by atoms with van der Waals surface area (Å²) in [5.41, 5.74) is 18.8. The maximum absolute atomic E-state index is 14.5. The molecule has 18 rings (SSSR count). The van der Waals surface area contributed by atoms with E-state index in [1.165, 1.54) is 147 Å². The Hall–Kier alpha value is -5.48. The number of fused-ring (bicyclic) bond motifs is 17. The third kappa shape index (κ3) is 4.78. The monoisotopic (exact) mass is 918 g/mol. The van der Waals surface area contributed by atoms with Crippen LogP contribution in [0.1, 0.15) is 194 Å². The summed E-state index contributed by atoms with van der Waals surface area (Å²) in [5, 5.41) is 11.0. The summed E-state index contributed by atoms with van der Waals surface area (Å²) in [6.45, 7) is 17.4. The van der Waals surface area contributed by atoms with E-state index in [-0.39, 0.29) is 27.6 Å². The number of ketones is 1. The summed E-state index contributed by atoms with van der Waals surface area (Å²) in [5.74, 6) is 3.49. The molecule has 4 heteroatoms. The van der Waals surface area contributed by atoms with Crippen LogP contribution >= 0.6 is 0 Å². The highest BCUT2D eigenvalue weighted by molar-refractivity contribution is 6.30. The molecule has 0 radical (unpaired) electrons. The minimum Gasteiger partial charge on any atom is -0.308 e. The average molecular weight is 918 g/mol. The molecule has 3 saturated carbocycles. The first-order valence-corrected chi connectivity index (χ1v) is 27.9. The standard InChI is InChI=1S/C66H67N3O/c1-8-66(9-2,10-3)41-26-48-45-29-53-44(30-54(45)69-56-34-67-62-58(57(56)50(27-41)60(48)69)64(6)19-20-65(62,7)52-14-12-11-13-51(52)64)47-25-40(63(5)32-36-21-35(4)22-37(23-36)33-63)24-46-43-28-42-38-15-17-39(18-16-38)61(70)49(42)31-55(43)68(53)59(46)47/h11-14,24-31,34-39H,8-10,15-23,32-33H2,1-7H3. The van der Waals surface area contributed by atoms with Gasteiger partial charge in [-0.1, -0.05) is 65.8 Å². The van der Waals surface area contributed by atoms with Crippen molar-refractivity contribution >= 4 is 82.0 Å². The van der Waals surface area contributed by atoms with E-state index in [9.17, 15) is 4.79 Å². The molecule has 0 spiro atoms. The molecule has 5 heterocycles. The van der Waals surface area contributed by atoms with Crippen LogP contribution in [0.3, 0.4) is 0 Å². The fourth-order valence-electron chi connectivity index (χ4n) is 18.6. The molecule has 0 saturated heterocycles. The lowest BCUT2D eigenvalue weighted by molar-refractivity contribution is 0.0895. The number of carbonyl (C=O) groups excluding carboxylic acids is 1. The maximum atomic E-state index is 14.5. The summed E-state index contributed by atoms with van der Waals surface area (Å²) in [6.07, 6.45) is 18.9. The van der Waals surface area contributed by atoms with Crippen LogP contribution in [0, 0.1) is 23.7 Å². The Morgan fingerprint density at radius 3 is 1.86 bits per heavy atom. The minimum absolute atomic E-state index is 0.0815. The number of Topliss-reactive ketones (excluding diaryl/α,β-unsaturated/α-hetero) is 1. The number of benzene rings is 5. The predicted molar refractivity (Wildman–Crippen MR) is 290 cm³/mol. The van der Waals surface area contributed by atoms with Gasteiger partial charge < -0.3 is 8.80 Å². The van der Waals surface area contributed by atoms with Gasteiger partial charge in [-0.3, -0.25) is 9.78 Å². The Kier molecular flexibility index (Phi) is 7.83. The van der Waals surface area contributed by atoms with Gasteiger partial charge in [0.15, 0.2) is 5.78 Å². The van der Waals surface area contributed by atoms with Crippen LogP contribution in [0.2, 0.25) is 0 Å². The molecule has 5 aromatic carbocycles. The van der Waals surface area contributed by atoms with Crippen LogP contribution in [-0.2, 0) is 21.7 Å². The zero-order chi connectivity index (χ0) is 47.1. The molecule has 0 N–H and O–H groups in total. The molecule has 4 nitrogen and oxygen atoms in total. The van der Waals surface area contributed by atoms with Crippen LogP contribution in [0.4, 0.5) is 0 Å². The number of rotatable bonds is 5. The van der Waals surface area contributed by atoms with Crippen molar-refractivity contribution in [3.63, 3.8) is 0 Å². The van der Waals surface area contributed by atoms with Crippen molar-refractivity contribution in [2.45, 2.75) is 166 Å². The maximum Gasteiger partial charge on any atom is 0.166 e. The SMILES string of the molecule is CCC(CC)(CC)c1cc2c3cc4c(cc3n3c5cnc6c(c5c(c1)c23)C1(C)CCC6(C)c2ccccc21)c1cc(C2(C)CC3CC(C)CC(C3)C2)cc2c3cc5c(cc3n4c21)C(=O)C1CCC5CC1. The van der Waals surface area contributed by atoms with Gasteiger partial charge in [-0.05, 0) is 213 Å². The lowest BCUT2D eigenvalue weighted by Gasteiger charge is -2.52. The van der Waals surface area contributed by atoms with E-state index in [4.69, 9.17) is 4.98 Å². The van der Waals surface area contributed by atoms with Gasteiger partial charge in [0, 0.05) is 65.4 Å². The van der Waals surface area contributed by atoms with Crippen molar-refractivity contribution < 1.29 is 4.79 Å². The molecule has 70 heavy (non-hydrogen) atoms. The Balaban J connectivity index is 1.05.